The third-order valence-corrected chi connectivity index (χ3v) is 5.37. The van der Waals surface area contributed by atoms with Crippen molar-refractivity contribution in [3.8, 4) is 0 Å². The lowest BCUT2D eigenvalue weighted by Crippen LogP contribution is -2.41. The molecule has 1 saturated heterocycles. The van der Waals surface area contributed by atoms with E-state index in [4.69, 9.17) is 14.4 Å². The van der Waals surface area contributed by atoms with Gasteiger partial charge in [-0.15, -0.1) is 3.89 Å². The highest BCUT2D eigenvalue weighted by Crippen LogP contribution is 2.37. The number of halogens is 1. The standard InChI is InChI=1S/C14H18BFO6S/c1-8-10(15-21-13(2,3)14(4,5)22-15)6-9(12(17)18)7-11(8)23(16,19)20/h6-7H,1-5H3,(H,17,18). The molecule has 0 aliphatic carbocycles. The van der Waals surface area contributed by atoms with Crippen molar-refractivity contribution < 1.29 is 31.5 Å². The number of hydrogen-bond acceptors (Lipinski definition) is 5. The second-order valence-electron chi connectivity index (χ2n) is 6.52. The molecule has 1 aromatic rings. The molecular formula is C14H18BFO6S. The van der Waals surface area contributed by atoms with Crippen molar-refractivity contribution in [2.45, 2.75) is 50.7 Å². The van der Waals surface area contributed by atoms with Crippen LogP contribution in [0.4, 0.5) is 3.89 Å². The summed E-state index contributed by atoms with van der Waals surface area (Å²) in [6, 6.07) is 2.04. The smallest absolute Gasteiger partial charge is 0.478 e. The minimum atomic E-state index is -5.07. The molecule has 0 spiro atoms. The Balaban J connectivity index is 2.64. The Bertz CT molecular complexity index is 756. The maximum absolute atomic E-state index is 13.5. The van der Waals surface area contributed by atoms with Crippen molar-refractivity contribution in [1.82, 2.24) is 0 Å². The third kappa shape index (κ3) is 3.13. The molecule has 6 nitrogen and oxygen atoms in total. The second-order valence-corrected chi connectivity index (χ2v) is 7.84. The zero-order chi connectivity index (χ0) is 17.8. The van der Waals surface area contributed by atoms with Crippen LogP contribution in [0.15, 0.2) is 17.0 Å². The maximum atomic E-state index is 13.5. The van der Waals surface area contributed by atoms with Gasteiger partial charge in [-0.25, -0.2) is 4.79 Å². The van der Waals surface area contributed by atoms with E-state index in [1.165, 1.54) is 13.0 Å². The van der Waals surface area contributed by atoms with E-state index in [0.717, 1.165) is 6.07 Å². The summed E-state index contributed by atoms with van der Waals surface area (Å²) in [6.07, 6.45) is 0. The summed E-state index contributed by atoms with van der Waals surface area (Å²) >= 11 is 0. The van der Waals surface area contributed by atoms with Gasteiger partial charge in [-0.05, 0) is 57.8 Å². The van der Waals surface area contributed by atoms with Crippen molar-refractivity contribution in [1.29, 1.82) is 0 Å². The van der Waals surface area contributed by atoms with E-state index < -0.39 is 39.4 Å². The molecule has 1 heterocycles. The SMILES string of the molecule is Cc1c(B2OC(C)(C)C(C)(C)O2)cc(C(=O)O)cc1S(=O)(=O)F. The van der Waals surface area contributed by atoms with Gasteiger partial charge in [0.25, 0.3) is 0 Å². The van der Waals surface area contributed by atoms with Gasteiger partial charge in [0.05, 0.1) is 16.8 Å². The largest absolute Gasteiger partial charge is 0.495 e. The van der Waals surface area contributed by atoms with Gasteiger partial charge in [-0.2, -0.15) is 8.42 Å². The summed E-state index contributed by atoms with van der Waals surface area (Å²) in [5, 5.41) is 9.14. The molecule has 2 rings (SSSR count). The van der Waals surface area contributed by atoms with Gasteiger partial charge in [0, 0.05) is 0 Å². The first-order chi connectivity index (χ1) is 10.3. The van der Waals surface area contributed by atoms with Crippen LogP contribution >= 0.6 is 0 Å². The first-order valence-electron chi connectivity index (χ1n) is 6.94. The van der Waals surface area contributed by atoms with Crippen LogP contribution in [0.1, 0.15) is 43.6 Å². The third-order valence-electron chi connectivity index (χ3n) is 4.42. The minimum Gasteiger partial charge on any atom is -0.478 e. The molecule has 0 amide bonds. The van der Waals surface area contributed by atoms with Crippen LogP contribution in [-0.2, 0) is 19.5 Å². The van der Waals surface area contributed by atoms with E-state index >= 15 is 0 Å². The second kappa shape index (κ2) is 5.29. The Labute approximate surface area is 135 Å². The molecule has 0 atom stereocenters. The molecule has 1 aromatic carbocycles. The number of carbonyl (C=O) groups is 1. The topological polar surface area (TPSA) is 89.9 Å². The molecule has 1 fully saturated rings. The predicted molar refractivity (Wildman–Crippen MR) is 82.1 cm³/mol. The number of aromatic carboxylic acids is 1. The van der Waals surface area contributed by atoms with Crippen molar-refractivity contribution in [3.05, 3.63) is 23.3 Å². The Morgan fingerprint density at radius 1 is 1.17 bits per heavy atom. The van der Waals surface area contributed by atoms with Gasteiger partial charge in [-0.1, -0.05) is 0 Å². The van der Waals surface area contributed by atoms with Crippen LogP contribution in [0.2, 0.25) is 0 Å². The number of hydrogen-bond donors (Lipinski definition) is 1. The summed E-state index contributed by atoms with van der Waals surface area (Å²) in [7, 11) is -6.06. The quantitative estimate of drug-likeness (QED) is 0.662. The van der Waals surface area contributed by atoms with Gasteiger partial charge in [0.1, 0.15) is 4.90 Å². The van der Waals surface area contributed by atoms with E-state index in [1.807, 2.05) is 0 Å². The lowest BCUT2D eigenvalue weighted by molar-refractivity contribution is 0.00578. The fraction of sp³-hybridized carbons (Fsp3) is 0.500. The van der Waals surface area contributed by atoms with E-state index in [1.54, 1.807) is 27.7 Å². The first-order valence-corrected chi connectivity index (χ1v) is 8.33. The van der Waals surface area contributed by atoms with Gasteiger partial charge in [-0.3, -0.25) is 0 Å². The molecule has 0 bridgehead atoms. The summed E-state index contributed by atoms with van der Waals surface area (Å²) in [6.45, 7) is 8.59. The van der Waals surface area contributed by atoms with E-state index in [-0.39, 0.29) is 16.6 Å². The molecule has 9 heteroatoms. The highest BCUT2D eigenvalue weighted by Gasteiger charge is 2.52. The molecule has 0 aromatic heterocycles. The van der Waals surface area contributed by atoms with Crippen molar-refractivity contribution in [2.75, 3.05) is 0 Å². The number of carboxylic acids is 1. The molecule has 23 heavy (non-hydrogen) atoms. The molecule has 1 N–H and O–H groups in total. The molecule has 1 aliphatic rings. The Kier molecular flexibility index (Phi) is 4.12. The summed E-state index contributed by atoms with van der Waals surface area (Å²) in [5.41, 5.74) is -1.50. The highest BCUT2D eigenvalue weighted by molar-refractivity contribution is 7.86. The number of carboxylic acid groups (broad SMARTS) is 1. The van der Waals surface area contributed by atoms with E-state index in [2.05, 4.69) is 0 Å². The zero-order valence-electron chi connectivity index (χ0n) is 13.5. The molecular weight excluding hydrogens is 326 g/mol. The van der Waals surface area contributed by atoms with Crippen LogP contribution in [0.5, 0.6) is 0 Å². The normalized spacial score (nSPS) is 19.8. The van der Waals surface area contributed by atoms with Crippen LogP contribution in [-0.4, -0.2) is 37.8 Å². The Hall–Kier alpha value is -1.45. The molecule has 1 aliphatic heterocycles. The van der Waals surface area contributed by atoms with E-state index in [9.17, 15) is 17.1 Å². The zero-order valence-corrected chi connectivity index (χ0v) is 14.3. The molecule has 0 saturated carbocycles. The van der Waals surface area contributed by atoms with Gasteiger partial charge < -0.3 is 14.4 Å². The van der Waals surface area contributed by atoms with Gasteiger partial charge in [0.2, 0.25) is 0 Å². The van der Waals surface area contributed by atoms with Crippen LogP contribution in [0.25, 0.3) is 0 Å². The van der Waals surface area contributed by atoms with Gasteiger partial charge in [0.15, 0.2) is 0 Å². The minimum absolute atomic E-state index is 0.0657. The molecule has 0 radical (unpaired) electrons. The number of rotatable bonds is 3. The van der Waals surface area contributed by atoms with Crippen molar-refractivity contribution in [3.63, 3.8) is 0 Å². The van der Waals surface area contributed by atoms with Gasteiger partial charge >= 0.3 is 23.3 Å². The van der Waals surface area contributed by atoms with Crippen molar-refractivity contribution >= 4 is 28.8 Å². The van der Waals surface area contributed by atoms with Crippen LogP contribution in [0, 0.1) is 6.92 Å². The monoisotopic (exact) mass is 344 g/mol. The number of benzene rings is 1. The fourth-order valence-electron chi connectivity index (χ4n) is 2.30. The first kappa shape index (κ1) is 17.9. The average Bonchev–Trinajstić information content (AvgIpc) is 2.56. The average molecular weight is 344 g/mol. The van der Waals surface area contributed by atoms with E-state index in [0.29, 0.717) is 0 Å². The van der Waals surface area contributed by atoms with Crippen molar-refractivity contribution in [2.24, 2.45) is 0 Å². The summed E-state index contributed by atoms with van der Waals surface area (Å²) in [4.78, 5) is 10.5. The maximum Gasteiger partial charge on any atom is 0.495 e. The Morgan fingerprint density at radius 2 is 1.65 bits per heavy atom. The van der Waals surface area contributed by atoms with Crippen LogP contribution in [0.3, 0.4) is 0 Å². The molecule has 126 valence electrons. The van der Waals surface area contributed by atoms with Crippen LogP contribution < -0.4 is 5.46 Å². The Morgan fingerprint density at radius 3 is 2.04 bits per heavy atom. The summed E-state index contributed by atoms with van der Waals surface area (Å²) in [5.74, 6) is -1.37. The molecule has 0 unspecified atom stereocenters. The predicted octanol–water partition coefficient (Wildman–Crippen LogP) is 1.65. The lowest BCUT2D eigenvalue weighted by Gasteiger charge is -2.32. The summed E-state index contributed by atoms with van der Waals surface area (Å²) < 4.78 is 47.7. The fourth-order valence-corrected chi connectivity index (χ4v) is 3.05. The lowest BCUT2D eigenvalue weighted by atomic mass is 9.75. The highest BCUT2D eigenvalue weighted by atomic mass is 32.3.